The molecule has 0 N–H and O–H groups in total. The van der Waals surface area contributed by atoms with Crippen molar-refractivity contribution in [2.24, 2.45) is 0 Å². The van der Waals surface area contributed by atoms with Gasteiger partial charge in [-0.2, -0.15) is 0 Å². The summed E-state index contributed by atoms with van der Waals surface area (Å²) in [6.07, 6.45) is 1.95. The first-order chi connectivity index (χ1) is 7.91. The molecule has 0 saturated heterocycles. The van der Waals surface area contributed by atoms with Crippen LogP contribution in [0.3, 0.4) is 0 Å². The van der Waals surface area contributed by atoms with Gasteiger partial charge in [-0.1, -0.05) is 24.8 Å². The Kier molecular flexibility index (Phi) is 2.65. The van der Waals surface area contributed by atoms with E-state index in [4.69, 9.17) is 0 Å². The third-order valence-electron chi connectivity index (χ3n) is 3.83. The zero-order valence-electron chi connectivity index (χ0n) is 11.3. The minimum atomic E-state index is 0.0106. The summed E-state index contributed by atoms with van der Waals surface area (Å²) in [5.41, 5.74) is 6.56. The van der Waals surface area contributed by atoms with Crippen LogP contribution in [0.2, 0.25) is 0 Å². The summed E-state index contributed by atoms with van der Waals surface area (Å²) >= 11 is 0. The standard InChI is InChI=1S/C16H21N/c1-7-10-17-13(4)14-11(2)8-9-12(3)15(14)16(17,5)6/h7-9H,1,4,10H2,2-3,5-6H3. The topological polar surface area (TPSA) is 3.24 Å². The lowest BCUT2D eigenvalue weighted by atomic mass is 9.88. The lowest BCUT2D eigenvalue weighted by Gasteiger charge is -2.34. The Balaban J connectivity index is 2.70. The molecule has 1 heterocycles. The van der Waals surface area contributed by atoms with Crippen LogP contribution in [-0.2, 0) is 5.54 Å². The third kappa shape index (κ3) is 1.53. The first-order valence-corrected chi connectivity index (χ1v) is 6.09. The van der Waals surface area contributed by atoms with Gasteiger partial charge in [0.2, 0.25) is 0 Å². The lowest BCUT2D eigenvalue weighted by Crippen LogP contribution is -2.35. The highest BCUT2D eigenvalue weighted by Crippen LogP contribution is 2.47. The maximum atomic E-state index is 4.27. The summed E-state index contributed by atoms with van der Waals surface area (Å²) in [6.45, 7) is 17.8. The number of benzene rings is 1. The van der Waals surface area contributed by atoms with Gasteiger partial charge in [-0.25, -0.2) is 0 Å². The summed E-state index contributed by atoms with van der Waals surface area (Å²) in [7, 11) is 0. The molecule has 0 spiro atoms. The molecule has 1 aliphatic heterocycles. The fourth-order valence-electron chi connectivity index (χ4n) is 3.05. The molecule has 0 bridgehead atoms. The van der Waals surface area contributed by atoms with E-state index in [1.165, 1.54) is 22.3 Å². The van der Waals surface area contributed by atoms with Crippen molar-refractivity contribution in [3.63, 3.8) is 0 Å². The Morgan fingerprint density at radius 3 is 2.35 bits per heavy atom. The quantitative estimate of drug-likeness (QED) is 0.690. The maximum absolute atomic E-state index is 4.27. The fourth-order valence-corrected chi connectivity index (χ4v) is 3.05. The zero-order chi connectivity index (χ0) is 12.8. The van der Waals surface area contributed by atoms with E-state index >= 15 is 0 Å². The summed E-state index contributed by atoms with van der Waals surface area (Å²) in [5, 5.41) is 0. The van der Waals surface area contributed by atoms with Crippen molar-refractivity contribution in [1.29, 1.82) is 0 Å². The number of hydrogen-bond donors (Lipinski definition) is 0. The van der Waals surface area contributed by atoms with Crippen molar-refractivity contribution in [1.82, 2.24) is 4.90 Å². The molecule has 0 amide bonds. The minimum absolute atomic E-state index is 0.0106. The van der Waals surface area contributed by atoms with E-state index in [1.54, 1.807) is 0 Å². The zero-order valence-corrected chi connectivity index (χ0v) is 11.3. The van der Waals surface area contributed by atoms with E-state index in [2.05, 4.69) is 57.9 Å². The highest BCUT2D eigenvalue weighted by molar-refractivity contribution is 5.75. The molecule has 1 nitrogen and oxygen atoms in total. The second-order valence-corrected chi connectivity index (χ2v) is 5.35. The van der Waals surface area contributed by atoms with Crippen LogP contribution in [0.25, 0.3) is 5.70 Å². The Hall–Kier alpha value is -1.50. The molecular formula is C16H21N. The van der Waals surface area contributed by atoms with Crippen molar-refractivity contribution in [2.75, 3.05) is 6.54 Å². The monoisotopic (exact) mass is 227 g/mol. The molecule has 0 unspecified atom stereocenters. The minimum Gasteiger partial charge on any atom is -0.359 e. The first-order valence-electron chi connectivity index (χ1n) is 6.09. The summed E-state index contributed by atoms with van der Waals surface area (Å²) < 4.78 is 0. The van der Waals surface area contributed by atoms with Crippen LogP contribution in [0.15, 0.2) is 31.4 Å². The Labute approximate surface area is 104 Å². The van der Waals surface area contributed by atoms with Crippen molar-refractivity contribution in [2.45, 2.75) is 33.2 Å². The van der Waals surface area contributed by atoms with Crippen molar-refractivity contribution in [3.05, 3.63) is 53.6 Å². The molecule has 1 aromatic rings. The van der Waals surface area contributed by atoms with E-state index in [9.17, 15) is 0 Å². The molecule has 0 fully saturated rings. The number of hydrogen-bond acceptors (Lipinski definition) is 1. The maximum Gasteiger partial charge on any atom is 0.0610 e. The van der Waals surface area contributed by atoms with Gasteiger partial charge in [0.1, 0.15) is 0 Å². The van der Waals surface area contributed by atoms with E-state index in [0.717, 1.165) is 12.2 Å². The average molecular weight is 227 g/mol. The lowest BCUT2D eigenvalue weighted by molar-refractivity contribution is 0.239. The van der Waals surface area contributed by atoms with Crippen LogP contribution >= 0.6 is 0 Å². The number of fused-ring (bicyclic) bond motifs is 1. The van der Waals surface area contributed by atoms with Gasteiger partial charge >= 0.3 is 0 Å². The normalized spacial score (nSPS) is 17.2. The highest BCUT2D eigenvalue weighted by Gasteiger charge is 2.40. The molecular weight excluding hydrogens is 206 g/mol. The molecule has 1 heteroatoms. The van der Waals surface area contributed by atoms with Gasteiger partial charge < -0.3 is 4.90 Å². The fraction of sp³-hybridized carbons (Fsp3) is 0.375. The Bertz CT molecular complexity index is 494. The smallest absolute Gasteiger partial charge is 0.0610 e. The molecule has 1 aliphatic rings. The highest BCUT2D eigenvalue weighted by atomic mass is 15.2. The van der Waals surface area contributed by atoms with Crippen LogP contribution in [0.4, 0.5) is 0 Å². The predicted molar refractivity (Wildman–Crippen MR) is 74.9 cm³/mol. The second-order valence-electron chi connectivity index (χ2n) is 5.35. The SMILES string of the molecule is C=CCN1C(=C)c2c(C)ccc(C)c2C1(C)C. The van der Waals surface area contributed by atoms with Crippen LogP contribution in [0.1, 0.15) is 36.1 Å². The molecule has 0 aliphatic carbocycles. The molecule has 0 aromatic heterocycles. The number of rotatable bonds is 2. The van der Waals surface area contributed by atoms with Gasteiger partial charge in [0.05, 0.1) is 5.54 Å². The van der Waals surface area contributed by atoms with Crippen LogP contribution in [0.5, 0.6) is 0 Å². The van der Waals surface area contributed by atoms with Gasteiger partial charge in [0, 0.05) is 17.8 Å². The van der Waals surface area contributed by atoms with Crippen molar-refractivity contribution < 1.29 is 0 Å². The van der Waals surface area contributed by atoms with Crippen LogP contribution in [0, 0.1) is 13.8 Å². The summed E-state index contributed by atoms with van der Waals surface area (Å²) in [6, 6.07) is 4.40. The van der Waals surface area contributed by atoms with Crippen LogP contribution in [-0.4, -0.2) is 11.4 Å². The van der Waals surface area contributed by atoms with Gasteiger partial charge in [-0.15, -0.1) is 6.58 Å². The third-order valence-corrected chi connectivity index (χ3v) is 3.83. The number of aryl methyl sites for hydroxylation is 2. The molecule has 2 rings (SSSR count). The molecule has 90 valence electrons. The van der Waals surface area contributed by atoms with E-state index in [0.29, 0.717) is 0 Å². The molecule has 0 radical (unpaired) electrons. The van der Waals surface area contributed by atoms with Crippen LogP contribution < -0.4 is 0 Å². The Morgan fingerprint density at radius 1 is 1.24 bits per heavy atom. The molecule has 0 atom stereocenters. The molecule has 17 heavy (non-hydrogen) atoms. The first kappa shape index (κ1) is 12.0. The van der Waals surface area contributed by atoms with Crippen molar-refractivity contribution in [3.8, 4) is 0 Å². The van der Waals surface area contributed by atoms with Gasteiger partial charge in [0.25, 0.3) is 0 Å². The van der Waals surface area contributed by atoms with Gasteiger partial charge in [0.15, 0.2) is 0 Å². The predicted octanol–water partition coefficient (Wildman–Crippen LogP) is 4.01. The van der Waals surface area contributed by atoms with E-state index < -0.39 is 0 Å². The second kappa shape index (κ2) is 3.76. The average Bonchev–Trinajstić information content (AvgIpc) is 2.46. The van der Waals surface area contributed by atoms with Gasteiger partial charge in [-0.05, 0) is 44.4 Å². The van der Waals surface area contributed by atoms with E-state index in [-0.39, 0.29) is 5.54 Å². The van der Waals surface area contributed by atoms with E-state index in [1.807, 2.05) is 6.08 Å². The molecule has 1 aromatic carbocycles. The largest absolute Gasteiger partial charge is 0.359 e. The number of nitrogens with zero attached hydrogens (tertiary/aromatic N) is 1. The molecule has 0 saturated carbocycles. The summed E-state index contributed by atoms with van der Waals surface area (Å²) in [4.78, 5) is 2.34. The summed E-state index contributed by atoms with van der Waals surface area (Å²) in [5.74, 6) is 0. The van der Waals surface area contributed by atoms with Gasteiger partial charge in [-0.3, -0.25) is 0 Å². The van der Waals surface area contributed by atoms with Crippen molar-refractivity contribution >= 4 is 5.70 Å². The Morgan fingerprint density at radius 2 is 1.82 bits per heavy atom.